The summed E-state index contributed by atoms with van der Waals surface area (Å²) in [5.74, 6) is -0.274. The van der Waals surface area contributed by atoms with E-state index in [1.165, 1.54) is 12.5 Å². The minimum Gasteiger partial charge on any atom is -0.473 e. The predicted octanol–water partition coefficient (Wildman–Crippen LogP) is 1.48. The number of benzene rings is 1. The normalized spacial score (nSPS) is 19.3. The Labute approximate surface area is 97.8 Å². The Hall–Kier alpha value is -2.36. The van der Waals surface area contributed by atoms with Gasteiger partial charge in [-0.15, -0.1) is 0 Å². The lowest BCUT2D eigenvalue weighted by Gasteiger charge is -2.21. The van der Waals surface area contributed by atoms with Crippen LogP contribution in [0, 0.1) is 0 Å². The molecular formula is C13H9NO3. The van der Waals surface area contributed by atoms with Gasteiger partial charge in [0.15, 0.2) is 0 Å². The highest BCUT2D eigenvalue weighted by atomic mass is 16.5. The second-order valence-corrected chi connectivity index (χ2v) is 3.91. The Kier molecular flexibility index (Phi) is 1.92. The highest BCUT2D eigenvalue weighted by Crippen LogP contribution is 2.44. The van der Waals surface area contributed by atoms with Gasteiger partial charge in [-0.1, -0.05) is 18.2 Å². The van der Waals surface area contributed by atoms with E-state index < -0.39 is 5.41 Å². The SMILES string of the molecule is O=CN1C(=O)C2(C=COC=C2)c2ccccc21. The first-order valence-corrected chi connectivity index (χ1v) is 5.19. The average Bonchev–Trinajstić information content (AvgIpc) is 2.61. The Morgan fingerprint density at radius 2 is 1.88 bits per heavy atom. The summed E-state index contributed by atoms with van der Waals surface area (Å²) in [4.78, 5) is 24.5. The van der Waals surface area contributed by atoms with Crippen LogP contribution < -0.4 is 4.90 Å². The van der Waals surface area contributed by atoms with Crippen molar-refractivity contribution in [3.8, 4) is 0 Å². The fourth-order valence-corrected chi connectivity index (χ4v) is 2.28. The van der Waals surface area contributed by atoms with Crippen molar-refractivity contribution in [2.75, 3.05) is 4.90 Å². The predicted molar refractivity (Wildman–Crippen MR) is 61.0 cm³/mol. The maximum atomic E-state index is 12.3. The zero-order valence-corrected chi connectivity index (χ0v) is 8.87. The number of hydrogen-bond donors (Lipinski definition) is 0. The molecule has 0 atom stereocenters. The van der Waals surface area contributed by atoms with Gasteiger partial charge in [0.2, 0.25) is 6.41 Å². The smallest absolute Gasteiger partial charge is 0.252 e. The molecule has 84 valence electrons. The quantitative estimate of drug-likeness (QED) is 0.683. The summed E-state index contributed by atoms with van der Waals surface area (Å²) in [5.41, 5.74) is 0.534. The van der Waals surface area contributed by atoms with Gasteiger partial charge in [0, 0.05) is 0 Å². The molecule has 0 fully saturated rings. The number of hydrogen-bond acceptors (Lipinski definition) is 3. The summed E-state index contributed by atoms with van der Waals surface area (Å²) < 4.78 is 4.97. The monoisotopic (exact) mass is 227 g/mol. The number of carbonyl (C=O) groups excluding carboxylic acids is 2. The molecule has 0 radical (unpaired) electrons. The highest BCUT2D eigenvalue weighted by molar-refractivity contribution is 6.19. The van der Waals surface area contributed by atoms with Crippen molar-refractivity contribution in [2.45, 2.75) is 5.41 Å². The minimum absolute atomic E-state index is 0.274. The Bertz CT molecular complexity index is 548. The van der Waals surface area contributed by atoms with E-state index in [4.69, 9.17) is 4.74 Å². The molecule has 4 nitrogen and oxygen atoms in total. The molecule has 0 N–H and O–H groups in total. The molecule has 4 heteroatoms. The summed E-state index contributed by atoms with van der Waals surface area (Å²) in [6.07, 6.45) is 6.80. The number of rotatable bonds is 1. The molecule has 2 aliphatic rings. The molecule has 0 bridgehead atoms. The third kappa shape index (κ3) is 1.12. The lowest BCUT2D eigenvalue weighted by Crippen LogP contribution is -2.37. The van der Waals surface area contributed by atoms with E-state index in [0.717, 1.165) is 10.5 Å². The molecule has 0 aliphatic carbocycles. The fourth-order valence-electron chi connectivity index (χ4n) is 2.28. The molecule has 0 unspecified atom stereocenters. The van der Waals surface area contributed by atoms with E-state index in [1.807, 2.05) is 12.1 Å². The lowest BCUT2D eigenvalue weighted by atomic mass is 9.81. The van der Waals surface area contributed by atoms with Crippen LogP contribution >= 0.6 is 0 Å². The standard InChI is InChI=1S/C13H9NO3/c15-9-14-11-4-2-1-3-10(11)13(12(14)16)5-7-17-8-6-13/h1-9H. The van der Waals surface area contributed by atoms with Crippen LogP contribution in [0.15, 0.2) is 48.9 Å². The number of imide groups is 1. The van der Waals surface area contributed by atoms with Gasteiger partial charge >= 0.3 is 0 Å². The van der Waals surface area contributed by atoms with Crippen LogP contribution in [0.25, 0.3) is 0 Å². The number of anilines is 1. The molecule has 1 aromatic carbocycles. The van der Waals surface area contributed by atoms with Gasteiger partial charge < -0.3 is 4.74 Å². The molecule has 2 heterocycles. The van der Waals surface area contributed by atoms with Gasteiger partial charge in [-0.2, -0.15) is 0 Å². The number of amides is 2. The van der Waals surface area contributed by atoms with E-state index in [0.29, 0.717) is 12.1 Å². The molecule has 0 aromatic heterocycles. The van der Waals surface area contributed by atoms with Gasteiger partial charge in [0.25, 0.3) is 5.91 Å². The van der Waals surface area contributed by atoms with Gasteiger partial charge in [-0.3, -0.25) is 14.5 Å². The molecular weight excluding hydrogens is 218 g/mol. The molecule has 3 rings (SSSR count). The van der Waals surface area contributed by atoms with E-state index in [9.17, 15) is 9.59 Å². The van der Waals surface area contributed by atoms with Gasteiger partial charge in [0.1, 0.15) is 5.41 Å². The second kappa shape index (κ2) is 3.31. The van der Waals surface area contributed by atoms with Crippen LogP contribution in [0.1, 0.15) is 5.56 Å². The Morgan fingerprint density at radius 1 is 1.18 bits per heavy atom. The molecule has 0 saturated carbocycles. The zero-order valence-electron chi connectivity index (χ0n) is 8.87. The van der Waals surface area contributed by atoms with Crippen molar-refractivity contribution in [2.24, 2.45) is 0 Å². The van der Waals surface area contributed by atoms with E-state index in [2.05, 4.69) is 0 Å². The van der Waals surface area contributed by atoms with E-state index in [-0.39, 0.29) is 5.91 Å². The van der Waals surface area contributed by atoms with Crippen LogP contribution in [0.4, 0.5) is 5.69 Å². The third-order valence-corrected chi connectivity index (χ3v) is 3.11. The summed E-state index contributed by atoms with van der Waals surface area (Å²) in [5, 5.41) is 0. The van der Waals surface area contributed by atoms with Crippen molar-refractivity contribution in [3.63, 3.8) is 0 Å². The maximum absolute atomic E-state index is 12.3. The van der Waals surface area contributed by atoms with Crippen LogP contribution in [-0.4, -0.2) is 12.3 Å². The molecule has 1 aromatic rings. The van der Waals surface area contributed by atoms with Gasteiger partial charge in [0.05, 0.1) is 18.2 Å². The van der Waals surface area contributed by atoms with Crippen LogP contribution in [0.2, 0.25) is 0 Å². The number of ether oxygens (including phenoxy) is 1. The van der Waals surface area contributed by atoms with Gasteiger partial charge in [-0.25, -0.2) is 0 Å². The summed E-state index contributed by atoms with van der Waals surface area (Å²) in [6.45, 7) is 0. The number of nitrogens with zero attached hydrogens (tertiary/aromatic N) is 1. The first kappa shape index (κ1) is 9.84. The molecule has 17 heavy (non-hydrogen) atoms. The van der Waals surface area contributed by atoms with Gasteiger partial charge in [-0.05, 0) is 23.8 Å². The number of para-hydroxylation sites is 1. The summed E-state index contributed by atoms with van der Waals surface area (Å²) in [6, 6.07) is 7.25. The Balaban J connectivity index is 2.28. The lowest BCUT2D eigenvalue weighted by molar-refractivity contribution is -0.123. The van der Waals surface area contributed by atoms with E-state index in [1.54, 1.807) is 24.3 Å². The third-order valence-electron chi connectivity index (χ3n) is 3.11. The highest BCUT2D eigenvalue weighted by Gasteiger charge is 2.48. The van der Waals surface area contributed by atoms with Crippen LogP contribution in [0.5, 0.6) is 0 Å². The first-order valence-electron chi connectivity index (χ1n) is 5.19. The van der Waals surface area contributed by atoms with Crippen molar-refractivity contribution in [3.05, 3.63) is 54.5 Å². The second-order valence-electron chi connectivity index (χ2n) is 3.91. The summed E-state index contributed by atoms with van der Waals surface area (Å²) >= 11 is 0. The minimum atomic E-state index is -0.893. The van der Waals surface area contributed by atoms with Crippen molar-refractivity contribution in [1.29, 1.82) is 0 Å². The molecule has 1 spiro atoms. The Morgan fingerprint density at radius 3 is 2.59 bits per heavy atom. The van der Waals surface area contributed by atoms with E-state index >= 15 is 0 Å². The average molecular weight is 227 g/mol. The topological polar surface area (TPSA) is 46.6 Å². The maximum Gasteiger partial charge on any atom is 0.252 e. The van der Waals surface area contributed by atoms with Crippen molar-refractivity contribution in [1.82, 2.24) is 0 Å². The van der Waals surface area contributed by atoms with Crippen LogP contribution in [-0.2, 0) is 19.7 Å². The van der Waals surface area contributed by atoms with Crippen LogP contribution in [0.3, 0.4) is 0 Å². The fraction of sp³-hybridized carbons (Fsp3) is 0.0769. The molecule has 2 amide bonds. The molecule has 2 aliphatic heterocycles. The molecule has 0 saturated heterocycles. The van der Waals surface area contributed by atoms with Crippen molar-refractivity contribution >= 4 is 18.0 Å². The largest absolute Gasteiger partial charge is 0.473 e. The summed E-state index contributed by atoms with van der Waals surface area (Å²) in [7, 11) is 0. The zero-order chi connectivity index (χ0) is 11.9. The van der Waals surface area contributed by atoms with Crippen molar-refractivity contribution < 1.29 is 14.3 Å². The first-order chi connectivity index (χ1) is 8.29. The number of fused-ring (bicyclic) bond motifs is 2. The number of carbonyl (C=O) groups is 2.